The Hall–Kier alpha value is -3.81. The van der Waals surface area contributed by atoms with Crippen LogP contribution in [0, 0.1) is 11.8 Å². The van der Waals surface area contributed by atoms with Gasteiger partial charge in [-0.25, -0.2) is 9.97 Å². The number of carbonyl (C=O) groups is 1. The lowest BCUT2D eigenvalue weighted by Crippen LogP contribution is -2.35. The third-order valence-electron chi connectivity index (χ3n) is 5.97. The lowest BCUT2D eigenvalue weighted by atomic mass is 9.75. The molecule has 0 saturated heterocycles. The molecule has 4 aromatic rings. The van der Waals surface area contributed by atoms with Gasteiger partial charge in [0.1, 0.15) is 17.7 Å². The van der Waals surface area contributed by atoms with Gasteiger partial charge in [0, 0.05) is 22.5 Å². The van der Waals surface area contributed by atoms with Gasteiger partial charge in [-0.05, 0) is 56.0 Å². The first-order valence-corrected chi connectivity index (χ1v) is 11.0. The third kappa shape index (κ3) is 4.28. The van der Waals surface area contributed by atoms with Crippen LogP contribution in [-0.4, -0.2) is 36.3 Å². The Kier molecular flexibility index (Phi) is 5.73. The first-order chi connectivity index (χ1) is 16.1. The maximum Gasteiger partial charge on any atom is 0.308 e. The molecular weight excluding hydrogens is 422 g/mol. The van der Waals surface area contributed by atoms with Crippen LogP contribution in [0.2, 0.25) is 0 Å². The topological polar surface area (TPSA) is 95.7 Å². The monoisotopic (exact) mass is 447 g/mol. The number of esters is 1. The van der Waals surface area contributed by atoms with E-state index in [0.29, 0.717) is 36.4 Å². The first kappa shape index (κ1) is 21.1. The van der Waals surface area contributed by atoms with Gasteiger partial charge < -0.3 is 23.9 Å². The Balaban J connectivity index is 1.32. The van der Waals surface area contributed by atoms with Crippen LogP contribution in [0.1, 0.15) is 19.8 Å². The molecule has 0 bridgehead atoms. The van der Waals surface area contributed by atoms with Gasteiger partial charge >= 0.3 is 5.97 Å². The second-order valence-electron chi connectivity index (χ2n) is 8.14. The van der Waals surface area contributed by atoms with Crippen molar-refractivity contribution in [2.24, 2.45) is 11.8 Å². The van der Waals surface area contributed by atoms with Crippen molar-refractivity contribution in [3.8, 4) is 11.5 Å². The Morgan fingerprint density at radius 1 is 1.15 bits per heavy atom. The molecule has 2 aromatic carbocycles. The van der Waals surface area contributed by atoms with E-state index in [4.69, 9.17) is 18.6 Å². The highest BCUT2D eigenvalue weighted by atomic mass is 16.5. The number of carbonyl (C=O) groups excluding carboxylic acids is 1. The summed E-state index contributed by atoms with van der Waals surface area (Å²) < 4.78 is 22.1. The number of furan rings is 1. The second-order valence-corrected chi connectivity index (χ2v) is 8.14. The van der Waals surface area contributed by atoms with Gasteiger partial charge in [-0.2, -0.15) is 0 Å². The molecule has 2 aromatic heterocycles. The number of ether oxygens (including phenoxy) is 3. The van der Waals surface area contributed by atoms with E-state index in [2.05, 4.69) is 15.3 Å². The van der Waals surface area contributed by atoms with Crippen molar-refractivity contribution in [2.75, 3.05) is 25.6 Å². The number of nitrogens with one attached hydrogen (secondary N) is 1. The molecule has 0 spiro atoms. The van der Waals surface area contributed by atoms with Crippen molar-refractivity contribution in [3.05, 3.63) is 49.0 Å². The molecule has 5 rings (SSSR count). The van der Waals surface area contributed by atoms with Crippen LogP contribution in [0.25, 0.3) is 21.9 Å². The normalized spacial score (nSPS) is 17.5. The minimum atomic E-state index is -0.110. The zero-order valence-corrected chi connectivity index (χ0v) is 18.5. The Labute approximate surface area is 190 Å². The molecule has 0 unspecified atom stereocenters. The lowest BCUT2D eigenvalue weighted by molar-refractivity contribution is -0.153. The van der Waals surface area contributed by atoms with Gasteiger partial charge in [0.15, 0.2) is 11.5 Å². The van der Waals surface area contributed by atoms with Gasteiger partial charge in [-0.1, -0.05) is 0 Å². The highest BCUT2D eigenvalue weighted by Gasteiger charge is 2.36. The summed E-state index contributed by atoms with van der Waals surface area (Å²) in [6.07, 6.45) is 4.76. The van der Waals surface area contributed by atoms with E-state index in [1.165, 1.54) is 6.33 Å². The summed E-state index contributed by atoms with van der Waals surface area (Å²) in [5, 5.41) is 5.19. The smallest absolute Gasteiger partial charge is 0.308 e. The second kappa shape index (κ2) is 8.97. The van der Waals surface area contributed by atoms with Gasteiger partial charge in [0.2, 0.25) is 0 Å². The van der Waals surface area contributed by atoms with E-state index in [1.807, 2.05) is 43.3 Å². The van der Waals surface area contributed by atoms with Crippen LogP contribution < -0.4 is 14.8 Å². The van der Waals surface area contributed by atoms with Crippen molar-refractivity contribution in [1.29, 1.82) is 0 Å². The number of nitrogens with zero attached hydrogens (tertiary/aromatic N) is 2. The number of rotatable bonds is 8. The van der Waals surface area contributed by atoms with Crippen LogP contribution in [0.15, 0.2) is 53.4 Å². The fourth-order valence-corrected chi connectivity index (χ4v) is 4.15. The highest BCUT2D eigenvalue weighted by molar-refractivity contribution is 5.93. The highest BCUT2D eigenvalue weighted by Crippen LogP contribution is 2.38. The summed E-state index contributed by atoms with van der Waals surface area (Å²) in [6, 6.07) is 11.5. The van der Waals surface area contributed by atoms with Gasteiger partial charge in [0.25, 0.3) is 0 Å². The zero-order valence-electron chi connectivity index (χ0n) is 18.5. The van der Waals surface area contributed by atoms with Gasteiger partial charge in [0.05, 0.1) is 38.0 Å². The minimum absolute atomic E-state index is 0.0142. The summed E-state index contributed by atoms with van der Waals surface area (Å²) in [5.41, 5.74) is 2.46. The zero-order chi connectivity index (χ0) is 22.8. The molecule has 1 fully saturated rings. The number of hydrogen-bond donors (Lipinski definition) is 1. The quantitative estimate of drug-likeness (QED) is 0.373. The first-order valence-electron chi connectivity index (χ1n) is 11.0. The standard InChI is InChI=1S/C25H25N3O5/c1-3-31-25(29)17-8-15(9-17)13-33-23-12-20-19(11-22(23)30-2)24(27-14-26-20)28-18-4-5-21-16(10-18)6-7-32-21/h4-7,10-12,14-15,17H,3,8-9,13H2,1-2H3,(H,26,27,28). The number of aromatic nitrogens is 2. The SMILES string of the molecule is CCOC(=O)C1CC(COc2cc3ncnc(Nc4ccc5occc5c4)c3cc2OC)C1. The average Bonchev–Trinajstić information content (AvgIpc) is 3.26. The molecule has 8 nitrogen and oxygen atoms in total. The molecule has 0 aliphatic heterocycles. The maximum atomic E-state index is 11.8. The predicted octanol–water partition coefficient (Wildman–Crippen LogP) is 5.10. The molecule has 8 heteroatoms. The Bertz CT molecular complexity index is 1300. The average molecular weight is 447 g/mol. The van der Waals surface area contributed by atoms with Crippen molar-refractivity contribution >= 4 is 39.3 Å². The van der Waals surface area contributed by atoms with Crippen molar-refractivity contribution < 1.29 is 23.4 Å². The Morgan fingerprint density at radius 3 is 2.85 bits per heavy atom. The van der Waals surface area contributed by atoms with Crippen molar-refractivity contribution in [1.82, 2.24) is 9.97 Å². The largest absolute Gasteiger partial charge is 0.493 e. The van der Waals surface area contributed by atoms with Crippen LogP contribution in [0.3, 0.4) is 0 Å². The summed E-state index contributed by atoms with van der Waals surface area (Å²) in [4.78, 5) is 20.6. The van der Waals surface area contributed by atoms with Crippen LogP contribution in [0.5, 0.6) is 11.5 Å². The molecule has 1 saturated carbocycles. The number of anilines is 2. The molecule has 0 amide bonds. The number of hydrogen-bond acceptors (Lipinski definition) is 8. The third-order valence-corrected chi connectivity index (χ3v) is 5.97. The predicted molar refractivity (Wildman–Crippen MR) is 124 cm³/mol. The minimum Gasteiger partial charge on any atom is -0.493 e. The molecule has 0 atom stereocenters. The van der Waals surface area contributed by atoms with Crippen molar-refractivity contribution in [2.45, 2.75) is 19.8 Å². The summed E-state index contributed by atoms with van der Waals surface area (Å²) in [5.74, 6) is 2.09. The van der Waals surface area contributed by atoms with E-state index in [0.717, 1.165) is 40.4 Å². The van der Waals surface area contributed by atoms with Crippen molar-refractivity contribution in [3.63, 3.8) is 0 Å². The van der Waals surface area contributed by atoms with E-state index >= 15 is 0 Å². The van der Waals surface area contributed by atoms with Gasteiger partial charge in [-0.3, -0.25) is 4.79 Å². The fraction of sp³-hybridized carbons (Fsp3) is 0.320. The van der Waals surface area contributed by atoms with E-state index in [-0.39, 0.29) is 11.9 Å². The maximum absolute atomic E-state index is 11.8. The molecule has 0 radical (unpaired) electrons. The van der Waals surface area contributed by atoms with Crippen LogP contribution in [-0.2, 0) is 9.53 Å². The van der Waals surface area contributed by atoms with Crippen LogP contribution in [0.4, 0.5) is 11.5 Å². The van der Waals surface area contributed by atoms with E-state index in [1.54, 1.807) is 13.4 Å². The molecule has 1 N–H and O–H groups in total. The molecule has 1 aliphatic carbocycles. The molecule has 170 valence electrons. The summed E-state index contributed by atoms with van der Waals surface area (Å²) >= 11 is 0. The number of benzene rings is 2. The molecule has 2 heterocycles. The van der Waals surface area contributed by atoms with E-state index in [9.17, 15) is 4.79 Å². The van der Waals surface area contributed by atoms with Gasteiger partial charge in [-0.15, -0.1) is 0 Å². The fourth-order valence-electron chi connectivity index (χ4n) is 4.15. The summed E-state index contributed by atoms with van der Waals surface area (Å²) in [6.45, 7) is 2.76. The lowest BCUT2D eigenvalue weighted by Gasteiger charge is -2.33. The number of methoxy groups -OCH3 is 1. The summed E-state index contributed by atoms with van der Waals surface area (Å²) in [7, 11) is 1.61. The van der Waals surface area contributed by atoms with E-state index < -0.39 is 0 Å². The molecule has 33 heavy (non-hydrogen) atoms. The molecule has 1 aliphatic rings. The Morgan fingerprint density at radius 2 is 2.03 bits per heavy atom. The molecular formula is C25H25N3O5. The van der Waals surface area contributed by atoms with Crippen LogP contribution >= 0.6 is 0 Å². The number of fused-ring (bicyclic) bond motifs is 2.